The van der Waals surface area contributed by atoms with Gasteiger partial charge in [-0.05, 0) is 56.9 Å². The van der Waals surface area contributed by atoms with Crippen LogP contribution in [0.5, 0.6) is 11.5 Å². The topological polar surface area (TPSA) is 52.6 Å². The number of ether oxygens (including phenoxy) is 2. The SMILES string of the molecule is COc1c(C(=O)Cl)cc2ccccc2c1Cc1c(OC)c(C(=O)Cl)cc2ccccc12. The summed E-state index contributed by atoms with van der Waals surface area (Å²) < 4.78 is 11.3. The van der Waals surface area contributed by atoms with Crippen molar-refractivity contribution in [1.82, 2.24) is 0 Å². The molecule has 156 valence electrons. The third-order valence-electron chi connectivity index (χ3n) is 5.39. The van der Waals surface area contributed by atoms with E-state index in [9.17, 15) is 9.59 Å². The summed E-state index contributed by atoms with van der Waals surface area (Å²) in [5.74, 6) is 0.792. The lowest BCUT2D eigenvalue weighted by atomic mass is 9.90. The van der Waals surface area contributed by atoms with Crippen molar-refractivity contribution in [1.29, 1.82) is 0 Å². The lowest BCUT2D eigenvalue weighted by Gasteiger charge is -2.19. The van der Waals surface area contributed by atoms with Crippen molar-refractivity contribution in [2.45, 2.75) is 6.42 Å². The third-order valence-corrected chi connectivity index (χ3v) is 5.80. The van der Waals surface area contributed by atoms with E-state index in [2.05, 4.69) is 0 Å². The highest BCUT2D eigenvalue weighted by Gasteiger charge is 2.23. The summed E-state index contributed by atoms with van der Waals surface area (Å²) in [6, 6.07) is 18.8. The van der Waals surface area contributed by atoms with Gasteiger partial charge in [0, 0.05) is 17.5 Å². The van der Waals surface area contributed by atoms with Crippen LogP contribution in [0.2, 0.25) is 0 Å². The molecular formula is C25H18Cl2O4. The van der Waals surface area contributed by atoms with E-state index in [-0.39, 0.29) is 11.1 Å². The van der Waals surface area contributed by atoms with Crippen LogP contribution in [0.4, 0.5) is 0 Å². The van der Waals surface area contributed by atoms with E-state index in [1.807, 2.05) is 48.5 Å². The molecule has 0 heterocycles. The van der Waals surface area contributed by atoms with Gasteiger partial charge in [-0.1, -0.05) is 48.5 Å². The first kappa shape index (κ1) is 21.2. The maximum Gasteiger partial charge on any atom is 0.256 e. The number of rotatable bonds is 6. The van der Waals surface area contributed by atoms with Crippen LogP contribution in [0, 0.1) is 0 Å². The summed E-state index contributed by atoms with van der Waals surface area (Å²) in [6.07, 6.45) is 0.337. The normalized spacial score (nSPS) is 11.0. The Labute approximate surface area is 189 Å². The van der Waals surface area contributed by atoms with Crippen LogP contribution in [-0.2, 0) is 6.42 Å². The van der Waals surface area contributed by atoms with E-state index < -0.39 is 10.5 Å². The molecule has 0 fully saturated rings. The molecule has 0 saturated carbocycles. The zero-order chi connectivity index (χ0) is 22.1. The molecule has 0 aromatic heterocycles. The van der Waals surface area contributed by atoms with Crippen molar-refractivity contribution in [2.75, 3.05) is 14.2 Å². The summed E-state index contributed by atoms with van der Waals surface area (Å²) in [5.41, 5.74) is 2.11. The van der Waals surface area contributed by atoms with Crippen LogP contribution in [0.15, 0.2) is 60.7 Å². The summed E-state index contributed by atoms with van der Waals surface area (Å²) in [5, 5.41) is 2.32. The third kappa shape index (κ3) is 3.73. The number of methoxy groups -OCH3 is 2. The van der Waals surface area contributed by atoms with Gasteiger partial charge in [0.05, 0.1) is 25.3 Å². The Morgan fingerprint density at radius 3 is 1.45 bits per heavy atom. The Hall–Kier alpha value is -3.08. The lowest BCUT2D eigenvalue weighted by Crippen LogP contribution is -2.06. The highest BCUT2D eigenvalue weighted by atomic mass is 35.5. The number of hydrogen-bond acceptors (Lipinski definition) is 4. The van der Waals surface area contributed by atoms with Gasteiger partial charge in [0.25, 0.3) is 10.5 Å². The maximum absolute atomic E-state index is 12.2. The second kappa shape index (κ2) is 8.58. The van der Waals surface area contributed by atoms with Crippen LogP contribution >= 0.6 is 23.2 Å². The van der Waals surface area contributed by atoms with Crippen LogP contribution in [0.3, 0.4) is 0 Å². The number of carbonyl (C=O) groups excluding carboxylic acids is 2. The van der Waals surface area contributed by atoms with Crippen molar-refractivity contribution in [2.24, 2.45) is 0 Å². The molecule has 0 saturated heterocycles. The maximum atomic E-state index is 12.2. The van der Waals surface area contributed by atoms with Crippen LogP contribution in [0.1, 0.15) is 31.8 Å². The second-order valence-electron chi connectivity index (χ2n) is 7.04. The number of hydrogen-bond donors (Lipinski definition) is 0. The van der Waals surface area contributed by atoms with Crippen molar-refractivity contribution >= 4 is 55.2 Å². The lowest BCUT2D eigenvalue weighted by molar-refractivity contribution is 0.107. The van der Waals surface area contributed by atoms with Crippen molar-refractivity contribution in [3.8, 4) is 11.5 Å². The molecule has 0 bridgehead atoms. The molecule has 0 amide bonds. The molecule has 0 aliphatic rings. The van der Waals surface area contributed by atoms with Gasteiger partial charge in [-0.2, -0.15) is 0 Å². The molecular weight excluding hydrogens is 435 g/mol. The fraction of sp³-hybridized carbons (Fsp3) is 0.120. The molecule has 31 heavy (non-hydrogen) atoms. The van der Waals surface area contributed by atoms with E-state index in [0.29, 0.717) is 17.9 Å². The largest absolute Gasteiger partial charge is 0.496 e. The van der Waals surface area contributed by atoms with Crippen molar-refractivity contribution in [3.63, 3.8) is 0 Å². The molecule has 4 aromatic carbocycles. The monoisotopic (exact) mass is 452 g/mol. The van der Waals surface area contributed by atoms with Crippen molar-refractivity contribution < 1.29 is 19.1 Å². The minimum absolute atomic E-state index is 0.283. The predicted molar refractivity (Wildman–Crippen MR) is 124 cm³/mol. The molecule has 0 spiro atoms. The van der Waals surface area contributed by atoms with Gasteiger partial charge in [0.1, 0.15) is 11.5 Å². The molecule has 0 atom stereocenters. The van der Waals surface area contributed by atoms with Gasteiger partial charge in [-0.25, -0.2) is 0 Å². The molecule has 6 heteroatoms. The number of benzene rings is 4. The summed E-state index contributed by atoms with van der Waals surface area (Å²) in [6.45, 7) is 0. The van der Waals surface area contributed by atoms with Gasteiger partial charge in [-0.15, -0.1) is 0 Å². The smallest absolute Gasteiger partial charge is 0.256 e. The minimum Gasteiger partial charge on any atom is -0.496 e. The number of carbonyl (C=O) groups is 2. The Bertz CT molecular complexity index is 1240. The molecule has 4 nitrogen and oxygen atoms in total. The van der Waals surface area contributed by atoms with Gasteiger partial charge in [-0.3, -0.25) is 9.59 Å². The van der Waals surface area contributed by atoms with Gasteiger partial charge >= 0.3 is 0 Å². The fourth-order valence-electron chi connectivity index (χ4n) is 4.09. The van der Waals surface area contributed by atoms with Gasteiger partial charge in [0.2, 0.25) is 0 Å². The predicted octanol–water partition coefficient (Wildman–Crippen LogP) is 6.36. The van der Waals surface area contributed by atoms with E-state index >= 15 is 0 Å². The number of fused-ring (bicyclic) bond motifs is 2. The Balaban J connectivity index is 2.09. The van der Waals surface area contributed by atoms with E-state index in [4.69, 9.17) is 32.7 Å². The molecule has 0 aliphatic carbocycles. The van der Waals surface area contributed by atoms with Gasteiger partial charge in [0.15, 0.2) is 0 Å². The molecule has 4 aromatic rings. The fourth-order valence-corrected chi connectivity index (χ4v) is 4.37. The van der Waals surface area contributed by atoms with Crippen LogP contribution < -0.4 is 9.47 Å². The molecule has 0 aliphatic heterocycles. The minimum atomic E-state index is -0.606. The van der Waals surface area contributed by atoms with Crippen LogP contribution in [0.25, 0.3) is 21.5 Å². The summed E-state index contributed by atoms with van der Waals surface area (Å²) in [7, 11) is 3.01. The molecule has 0 unspecified atom stereocenters. The first-order valence-electron chi connectivity index (χ1n) is 9.53. The Morgan fingerprint density at radius 1 is 0.710 bits per heavy atom. The zero-order valence-corrected chi connectivity index (χ0v) is 18.4. The quantitative estimate of drug-likeness (QED) is 0.319. The Morgan fingerprint density at radius 2 is 1.10 bits per heavy atom. The molecule has 4 rings (SSSR count). The molecule has 0 radical (unpaired) electrons. The Kier molecular flexibility index (Phi) is 5.86. The average Bonchev–Trinajstić information content (AvgIpc) is 2.78. The average molecular weight is 453 g/mol. The summed E-state index contributed by atoms with van der Waals surface area (Å²) in [4.78, 5) is 24.3. The first-order chi connectivity index (χ1) is 15.0. The van der Waals surface area contributed by atoms with E-state index in [1.54, 1.807) is 12.1 Å². The summed E-state index contributed by atoms with van der Waals surface area (Å²) >= 11 is 11.8. The highest BCUT2D eigenvalue weighted by molar-refractivity contribution is 6.68. The molecule has 0 N–H and O–H groups in total. The van der Waals surface area contributed by atoms with Gasteiger partial charge < -0.3 is 9.47 Å². The zero-order valence-electron chi connectivity index (χ0n) is 16.9. The number of halogens is 2. The second-order valence-corrected chi connectivity index (χ2v) is 7.72. The van der Waals surface area contributed by atoms with Crippen molar-refractivity contribution in [3.05, 3.63) is 82.9 Å². The van der Waals surface area contributed by atoms with Crippen LogP contribution in [-0.4, -0.2) is 24.7 Å². The highest BCUT2D eigenvalue weighted by Crippen LogP contribution is 2.40. The first-order valence-corrected chi connectivity index (χ1v) is 10.3. The standard InChI is InChI=1S/C25H18Cl2O4/c1-30-22-18(16-9-5-3-7-14(16)11-20(22)24(26)28)13-19-17-10-6-4-8-15(17)12-21(25(27)29)23(19)31-2/h3-12H,13H2,1-2H3. The van der Waals surface area contributed by atoms with E-state index in [1.165, 1.54) is 14.2 Å². The van der Waals surface area contributed by atoms with E-state index in [0.717, 1.165) is 32.7 Å².